The van der Waals surface area contributed by atoms with Crippen LogP contribution >= 0.6 is 11.6 Å². The molecule has 0 radical (unpaired) electrons. The molecule has 3 nitrogen and oxygen atoms in total. The zero-order valence-electron chi connectivity index (χ0n) is 10.8. The molecule has 0 aliphatic heterocycles. The van der Waals surface area contributed by atoms with Crippen LogP contribution in [0.2, 0.25) is 5.02 Å². The molecule has 2 aromatic carbocycles. The molecule has 0 saturated heterocycles. The van der Waals surface area contributed by atoms with Crippen LogP contribution in [0, 0.1) is 6.92 Å². The minimum atomic E-state index is -0.139. The Balaban J connectivity index is 2.53. The standard InChI is InChI=1S/C15H15ClN2O/c1-9-3-8-13(11-4-6-12(17)7-5-11)14(16)15(9)18-10(2)19/h3-8H,17H2,1-2H3,(H,18,19). The van der Waals surface area contributed by atoms with Crippen molar-refractivity contribution in [3.63, 3.8) is 0 Å². The lowest BCUT2D eigenvalue weighted by atomic mass is 10.0. The number of nitrogen functional groups attached to an aromatic ring is 1. The Labute approximate surface area is 117 Å². The number of hydrogen-bond acceptors (Lipinski definition) is 2. The molecule has 0 spiro atoms. The van der Waals surface area contributed by atoms with Crippen molar-refractivity contribution in [2.75, 3.05) is 11.1 Å². The first-order valence-corrected chi connectivity index (χ1v) is 6.29. The fourth-order valence-electron chi connectivity index (χ4n) is 1.89. The molecule has 0 unspecified atom stereocenters. The molecule has 98 valence electrons. The molecule has 0 heterocycles. The van der Waals surface area contributed by atoms with Crippen LogP contribution in [0.15, 0.2) is 36.4 Å². The second-order valence-corrected chi connectivity index (χ2v) is 4.80. The van der Waals surface area contributed by atoms with Gasteiger partial charge in [-0.1, -0.05) is 35.9 Å². The lowest BCUT2D eigenvalue weighted by Gasteiger charge is -2.13. The van der Waals surface area contributed by atoms with Crippen LogP contribution in [0.5, 0.6) is 0 Å². The van der Waals surface area contributed by atoms with E-state index < -0.39 is 0 Å². The lowest BCUT2D eigenvalue weighted by molar-refractivity contribution is -0.114. The lowest BCUT2D eigenvalue weighted by Crippen LogP contribution is -2.08. The highest BCUT2D eigenvalue weighted by molar-refractivity contribution is 6.36. The first-order valence-electron chi connectivity index (χ1n) is 5.91. The molecule has 0 saturated carbocycles. The predicted octanol–water partition coefficient (Wildman–Crippen LogP) is 3.86. The summed E-state index contributed by atoms with van der Waals surface area (Å²) in [7, 11) is 0. The third-order valence-electron chi connectivity index (χ3n) is 2.87. The second-order valence-electron chi connectivity index (χ2n) is 4.42. The fourth-order valence-corrected chi connectivity index (χ4v) is 2.26. The number of anilines is 2. The first kappa shape index (κ1) is 13.4. The van der Waals surface area contributed by atoms with Crippen molar-refractivity contribution in [1.82, 2.24) is 0 Å². The van der Waals surface area contributed by atoms with Gasteiger partial charge in [0.1, 0.15) is 0 Å². The van der Waals surface area contributed by atoms with Crippen molar-refractivity contribution in [3.05, 3.63) is 47.0 Å². The number of rotatable bonds is 2. The van der Waals surface area contributed by atoms with E-state index in [0.717, 1.165) is 16.7 Å². The van der Waals surface area contributed by atoms with Gasteiger partial charge in [-0.2, -0.15) is 0 Å². The molecule has 2 aromatic rings. The molecule has 4 heteroatoms. The Morgan fingerprint density at radius 1 is 1.16 bits per heavy atom. The van der Waals surface area contributed by atoms with Gasteiger partial charge in [0, 0.05) is 18.2 Å². The summed E-state index contributed by atoms with van der Waals surface area (Å²) in [5, 5.41) is 3.31. The van der Waals surface area contributed by atoms with E-state index in [0.29, 0.717) is 16.4 Å². The van der Waals surface area contributed by atoms with E-state index in [9.17, 15) is 4.79 Å². The highest BCUT2D eigenvalue weighted by atomic mass is 35.5. The number of nitrogens with two attached hydrogens (primary N) is 1. The van der Waals surface area contributed by atoms with Crippen LogP contribution in [0.1, 0.15) is 12.5 Å². The summed E-state index contributed by atoms with van der Waals surface area (Å²) in [5.74, 6) is -0.139. The number of nitrogens with one attached hydrogen (secondary N) is 1. The van der Waals surface area contributed by atoms with Gasteiger partial charge >= 0.3 is 0 Å². The van der Waals surface area contributed by atoms with Crippen molar-refractivity contribution >= 4 is 28.9 Å². The van der Waals surface area contributed by atoms with Crippen LogP contribution in [0.4, 0.5) is 11.4 Å². The first-order chi connectivity index (χ1) is 8.99. The van der Waals surface area contributed by atoms with Crippen molar-refractivity contribution in [1.29, 1.82) is 0 Å². The number of amides is 1. The molecule has 0 fully saturated rings. The van der Waals surface area contributed by atoms with E-state index in [1.54, 1.807) is 0 Å². The van der Waals surface area contributed by atoms with Crippen LogP contribution < -0.4 is 11.1 Å². The largest absolute Gasteiger partial charge is 0.399 e. The zero-order chi connectivity index (χ0) is 14.0. The zero-order valence-corrected chi connectivity index (χ0v) is 11.6. The average molecular weight is 275 g/mol. The van der Waals surface area contributed by atoms with Crippen molar-refractivity contribution < 1.29 is 4.79 Å². The minimum absolute atomic E-state index is 0.139. The molecule has 1 amide bonds. The Morgan fingerprint density at radius 2 is 1.79 bits per heavy atom. The molecular weight excluding hydrogens is 260 g/mol. The van der Waals surface area contributed by atoms with Gasteiger partial charge in [-0.3, -0.25) is 4.79 Å². The van der Waals surface area contributed by atoms with Gasteiger partial charge in [0.2, 0.25) is 5.91 Å². The third-order valence-corrected chi connectivity index (χ3v) is 3.27. The summed E-state index contributed by atoms with van der Waals surface area (Å²) in [6, 6.07) is 11.3. The maximum absolute atomic E-state index is 11.2. The predicted molar refractivity (Wildman–Crippen MR) is 80.3 cm³/mol. The van der Waals surface area contributed by atoms with E-state index in [-0.39, 0.29) is 5.91 Å². The van der Waals surface area contributed by atoms with Gasteiger partial charge < -0.3 is 11.1 Å². The van der Waals surface area contributed by atoms with E-state index in [4.69, 9.17) is 17.3 Å². The van der Waals surface area contributed by atoms with Crippen LogP contribution in [0.3, 0.4) is 0 Å². The number of halogens is 1. The fraction of sp³-hybridized carbons (Fsp3) is 0.133. The molecular formula is C15H15ClN2O. The SMILES string of the molecule is CC(=O)Nc1c(C)ccc(-c2ccc(N)cc2)c1Cl. The molecule has 0 aromatic heterocycles. The van der Waals surface area contributed by atoms with Crippen LogP contribution in [0.25, 0.3) is 11.1 Å². The number of aryl methyl sites for hydroxylation is 1. The molecule has 0 atom stereocenters. The number of carbonyl (C=O) groups excluding carboxylic acids is 1. The normalized spacial score (nSPS) is 10.3. The Bertz CT molecular complexity index is 621. The minimum Gasteiger partial charge on any atom is -0.399 e. The van der Waals surface area contributed by atoms with Crippen molar-refractivity contribution in [2.24, 2.45) is 0 Å². The Kier molecular flexibility index (Phi) is 3.76. The summed E-state index contributed by atoms with van der Waals surface area (Å²) in [6.45, 7) is 3.37. The topological polar surface area (TPSA) is 55.1 Å². The van der Waals surface area contributed by atoms with Gasteiger partial charge in [-0.25, -0.2) is 0 Å². The smallest absolute Gasteiger partial charge is 0.221 e. The summed E-state index contributed by atoms with van der Waals surface area (Å²) >= 11 is 6.39. The summed E-state index contributed by atoms with van der Waals surface area (Å²) < 4.78 is 0. The van der Waals surface area contributed by atoms with Gasteiger partial charge in [0.25, 0.3) is 0 Å². The Hall–Kier alpha value is -2.00. The number of carbonyl (C=O) groups is 1. The summed E-state index contributed by atoms with van der Waals surface area (Å²) in [6.07, 6.45) is 0. The van der Waals surface area contributed by atoms with Crippen molar-refractivity contribution in [3.8, 4) is 11.1 Å². The highest BCUT2D eigenvalue weighted by Crippen LogP contribution is 2.36. The summed E-state index contributed by atoms with van der Waals surface area (Å²) in [4.78, 5) is 11.2. The molecule has 0 bridgehead atoms. The van der Waals surface area contributed by atoms with E-state index >= 15 is 0 Å². The average Bonchev–Trinajstić information content (AvgIpc) is 2.36. The second kappa shape index (κ2) is 5.33. The molecule has 0 aliphatic rings. The number of benzene rings is 2. The monoisotopic (exact) mass is 274 g/mol. The van der Waals surface area contributed by atoms with Gasteiger partial charge in [-0.05, 0) is 30.2 Å². The van der Waals surface area contributed by atoms with Gasteiger partial charge in [0.15, 0.2) is 0 Å². The quantitative estimate of drug-likeness (QED) is 0.817. The van der Waals surface area contributed by atoms with Crippen molar-refractivity contribution in [2.45, 2.75) is 13.8 Å². The highest BCUT2D eigenvalue weighted by Gasteiger charge is 2.11. The Morgan fingerprint density at radius 3 is 2.37 bits per heavy atom. The van der Waals surface area contributed by atoms with E-state index in [1.807, 2.05) is 43.3 Å². The number of hydrogen-bond donors (Lipinski definition) is 2. The maximum atomic E-state index is 11.2. The molecule has 2 rings (SSSR count). The maximum Gasteiger partial charge on any atom is 0.221 e. The summed E-state index contributed by atoms with van der Waals surface area (Å²) in [5.41, 5.74) is 9.80. The molecule has 19 heavy (non-hydrogen) atoms. The molecule has 3 N–H and O–H groups in total. The van der Waals surface area contributed by atoms with Crippen LogP contribution in [-0.2, 0) is 4.79 Å². The third kappa shape index (κ3) is 2.88. The molecule has 0 aliphatic carbocycles. The van der Waals surface area contributed by atoms with Crippen LogP contribution in [-0.4, -0.2) is 5.91 Å². The van der Waals surface area contributed by atoms with E-state index in [2.05, 4.69) is 5.32 Å². The van der Waals surface area contributed by atoms with E-state index in [1.165, 1.54) is 6.92 Å². The van der Waals surface area contributed by atoms with Gasteiger partial charge in [-0.15, -0.1) is 0 Å². The van der Waals surface area contributed by atoms with Gasteiger partial charge in [0.05, 0.1) is 10.7 Å².